The van der Waals surface area contributed by atoms with Crippen LogP contribution in [0.5, 0.6) is 0 Å². The van der Waals surface area contributed by atoms with Gasteiger partial charge in [0.2, 0.25) is 5.91 Å². The average molecular weight is 434 g/mol. The zero-order valence-corrected chi connectivity index (χ0v) is 18.3. The van der Waals surface area contributed by atoms with Crippen LogP contribution in [-0.2, 0) is 14.8 Å². The second kappa shape index (κ2) is 8.45. The molecule has 0 spiro atoms. The van der Waals surface area contributed by atoms with Crippen LogP contribution in [0.3, 0.4) is 0 Å². The maximum atomic E-state index is 13.1. The van der Waals surface area contributed by atoms with Gasteiger partial charge in [0.15, 0.2) is 0 Å². The van der Waals surface area contributed by atoms with Crippen LogP contribution < -0.4 is 4.90 Å². The summed E-state index contributed by atoms with van der Waals surface area (Å²) in [4.78, 5) is 17.3. The Hall–Kier alpha value is -1.90. The molecule has 0 aliphatic carbocycles. The van der Waals surface area contributed by atoms with Crippen molar-refractivity contribution in [1.29, 1.82) is 0 Å². The molecule has 2 aliphatic rings. The lowest BCUT2D eigenvalue weighted by atomic mass is 9.97. The highest BCUT2D eigenvalue weighted by Crippen LogP contribution is 2.28. The molecule has 6 nitrogen and oxygen atoms in total. The van der Waals surface area contributed by atoms with Crippen LogP contribution in [0.2, 0.25) is 0 Å². The molecule has 0 bridgehead atoms. The lowest BCUT2D eigenvalue weighted by Crippen LogP contribution is -2.53. The normalized spacial score (nSPS) is 21.3. The van der Waals surface area contributed by atoms with E-state index in [2.05, 4.69) is 36.1 Å². The van der Waals surface area contributed by atoms with Gasteiger partial charge in [-0.1, -0.05) is 18.2 Å². The minimum absolute atomic E-state index is 0.0972. The largest absolute Gasteiger partial charge is 0.368 e. The smallest absolute Gasteiger partial charge is 0.252 e. The number of hydrogen-bond acceptors (Lipinski definition) is 5. The quantitative estimate of drug-likeness (QED) is 0.744. The molecule has 4 rings (SSSR count). The Morgan fingerprint density at radius 3 is 2.55 bits per heavy atom. The van der Waals surface area contributed by atoms with E-state index in [-0.39, 0.29) is 18.4 Å². The van der Waals surface area contributed by atoms with Crippen LogP contribution >= 0.6 is 11.3 Å². The number of rotatable bonds is 4. The summed E-state index contributed by atoms with van der Waals surface area (Å²) in [6.45, 7) is 5.84. The number of piperidine rings is 1. The molecule has 1 amide bonds. The molecule has 3 heterocycles. The molecule has 1 unspecified atom stereocenters. The summed E-state index contributed by atoms with van der Waals surface area (Å²) in [6, 6.07) is 11.8. The molecule has 1 atom stereocenters. The van der Waals surface area contributed by atoms with Crippen LogP contribution in [0.25, 0.3) is 0 Å². The molecule has 0 saturated carbocycles. The molecule has 0 radical (unpaired) electrons. The minimum Gasteiger partial charge on any atom is -0.368 e. The van der Waals surface area contributed by atoms with E-state index in [1.54, 1.807) is 17.5 Å². The Balaban J connectivity index is 1.37. The van der Waals surface area contributed by atoms with Crippen LogP contribution in [0.4, 0.5) is 5.69 Å². The van der Waals surface area contributed by atoms with Gasteiger partial charge in [0.25, 0.3) is 10.0 Å². The van der Waals surface area contributed by atoms with Gasteiger partial charge >= 0.3 is 0 Å². The Kier molecular flexibility index (Phi) is 5.94. The first-order valence-electron chi connectivity index (χ1n) is 10.1. The molecule has 1 aromatic carbocycles. The van der Waals surface area contributed by atoms with Crippen molar-refractivity contribution in [3.63, 3.8) is 0 Å². The van der Waals surface area contributed by atoms with Gasteiger partial charge < -0.3 is 9.80 Å². The van der Waals surface area contributed by atoms with Crippen molar-refractivity contribution in [3.8, 4) is 0 Å². The third-order valence-corrected chi connectivity index (χ3v) is 9.02. The molecule has 2 aromatic rings. The van der Waals surface area contributed by atoms with Crippen molar-refractivity contribution in [1.82, 2.24) is 9.21 Å². The lowest BCUT2D eigenvalue weighted by molar-refractivity contribution is -0.137. The molecule has 2 saturated heterocycles. The van der Waals surface area contributed by atoms with Crippen molar-refractivity contribution < 1.29 is 13.2 Å². The number of carbonyl (C=O) groups excluding carboxylic acids is 1. The van der Waals surface area contributed by atoms with E-state index < -0.39 is 10.0 Å². The van der Waals surface area contributed by atoms with Gasteiger partial charge in [-0.15, -0.1) is 11.3 Å². The van der Waals surface area contributed by atoms with Gasteiger partial charge in [0.05, 0.1) is 5.92 Å². The van der Waals surface area contributed by atoms with Crippen LogP contribution in [-0.4, -0.2) is 62.8 Å². The first kappa shape index (κ1) is 20.4. The highest BCUT2D eigenvalue weighted by Gasteiger charge is 2.36. The number of thiophene rings is 1. The van der Waals surface area contributed by atoms with Crippen molar-refractivity contribution in [2.45, 2.75) is 24.0 Å². The van der Waals surface area contributed by atoms with E-state index >= 15 is 0 Å². The number of anilines is 1. The average Bonchev–Trinajstić information content (AvgIpc) is 3.29. The van der Waals surface area contributed by atoms with E-state index in [1.807, 2.05) is 4.90 Å². The summed E-state index contributed by atoms with van der Waals surface area (Å²) in [5.41, 5.74) is 2.43. The molecule has 1 aromatic heterocycles. The Morgan fingerprint density at radius 1 is 1.07 bits per heavy atom. The monoisotopic (exact) mass is 433 g/mol. The number of amides is 1. The molecule has 29 heavy (non-hydrogen) atoms. The van der Waals surface area contributed by atoms with E-state index in [0.29, 0.717) is 23.8 Å². The number of aryl methyl sites for hydroxylation is 1. The van der Waals surface area contributed by atoms with Crippen LogP contribution in [0, 0.1) is 12.8 Å². The summed E-state index contributed by atoms with van der Waals surface area (Å²) in [5.74, 6) is -0.149. The third kappa shape index (κ3) is 4.34. The first-order chi connectivity index (χ1) is 13.9. The fraction of sp³-hybridized carbons (Fsp3) is 0.476. The molecular weight excluding hydrogens is 406 g/mol. The predicted molar refractivity (Wildman–Crippen MR) is 116 cm³/mol. The maximum absolute atomic E-state index is 13.1. The zero-order chi connectivity index (χ0) is 20.4. The third-order valence-electron chi connectivity index (χ3n) is 5.78. The fourth-order valence-corrected chi connectivity index (χ4v) is 6.84. The lowest BCUT2D eigenvalue weighted by Gasteiger charge is -2.39. The van der Waals surface area contributed by atoms with Gasteiger partial charge in [-0.25, -0.2) is 8.42 Å². The topological polar surface area (TPSA) is 60.9 Å². The van der Waals surface area contributed by atoms with E-state index in [1.165, 1.54) is 26.9 Å². The number of hydrogen-bond donors (Lipinski definition) is 0. The molecule has 8 heteroatoms. The molecule has 2 fully saturated rings. The number of benzene rings is 1. The molecule has 156 valence electrons. The second-order valence-corrected chi connectivity index (χ2v) is 10.9. The number of sulfonamides is 1. The summed E-state index contributed by atoms with van der Waals surface area (Å²) in [7, 11) is -3.49. The maximum Gasteiger partial charge on any atom is 0.252 e. The Labute approximate surface area is 176 Å². The van der Waals surface area contributed by atoms with Crippen molar-refractivity contribution in [2.75, 3.05) is 44.2 Å². The summed E-state index contributed by atoms with van der Waals surface area (Å²) in [5, 5.41) is 1.77. The van der Waals surface area contributed by atoms with Gasteiger partial charge in [0, 0.05) is 45.0 Å². The van der Waals surface area contributed by atoms with Gasteiger partial charge in [0.1, 0.15) is 4.21 Å². The van der Waals surface area contributed by atoms with E-state index in [0.717, 1.165) is 25.9 Å². The van der Waals surface area contributed by atoms with Gasteiger partial charge in [-0.3, -0.25) is 4.79 Å². The zero-order valence-electron chi connectivity index (χ0n) is 16.7. The van der Waals surface area contributed by atoms with Crippen LogP contribution in [0.15, 0.2) is 46.0 Å². The van der Waals surface area contributed by atoms with Gasteiger partial charge in [-0.05, 0) is 48.9 Å². The minimum atomic E-state index is -3.49. The molecule has 0 N–H and O–H groups in total. The van der Waals surface area contributed by atoms with E-state index in [9.17, 15) is 13.2 Å². The predicted octanol–water partition coefficient (Wildman–Crippen LogP) is 2.81. The van der Waals surface area contributed by atoms with Crippen molar-refractivity contribution in [2.24, 2.45) is 5.92 Å². The molecule has 2 aliphatic heterocycles. The number of carbonyl (C=O) groups is 1. The number of piperazine rings is 1. The first-order valence-corrected chi connectivity index (χ1v) is 12.4. The fourth-order valence-electron chi connectivity index (χ4n) is 4.17. The van der Waals surface area contributed by atoms with Crippen LogP contribution in [0.1, 0.15) is 18.4 Å². The number of nitrogens with zero attached hydrogens (tertiary/aromatic N) is 3. The summed E-state index contributed by atoms with van der Waals surface area (Å²) in [6.07, 6.45) is 1.48. The Bertz CT molecular complexity index is 951. The SMILES string of the molecule is Cc1cccc(N2CCN(C(=O)C3CCCN(S(=O)(=O)c4cccs4)C3)CC2)c1. The van der Waals surface area contributed by atoms with Gasteiger partial charge in [-0.2, -0.15) is 4.31 Å². The van der Waals surface area contributed by atoms with Crippen molar-refractivity contribution in [3.05, 3.63) is 47.3 Å². The highest BCUT2D eigenvalue weighted by atomic mass is 32.2. The van der Waals surface area contributed by atoms with E-state index in [4.69, 9.17) is 0 Å². The standard InChI is InChI=1S/C21H27N3O3S2/c1-17-5-2-7-19(15-17)22-10-12-23(13-11-22)21(25)18-6-3-9-24(16-18)29(26,27)20-8-4-14-28-20/h2,4-5,7-8,14-15,18H,3,6,9-13,16H2,1H3. The second-order valence-electron chi connectivity index (χ2n) is 7.79. The van der Waals surface area contributed by atoms with Crippen molar-refractivity contribution >= 4 is 33.0 Å². The Morgan fingerprint density at radius 2 is 1.86 bits per heavy atom. The summed E-state index contributed by atoms with van der Waals surface area (Å²) < 4.78 is 27.5. The molecular formula is C21H27N3O3S2. The summed E-state index contributed by atoms with van der Waals surface area (Å²) >= 11 is 1.23. The highest BCUT2D eigenvalue weighted by molar-refractivity contribution is 7.91.